The highest BCUT2D eigenvalue weighted by Crippen LogP contribution is 2.24. The number of carbonyl (C=O) groups is 2. The zero-order chi connectivity index (χ0) is 21.0. The first-order valence-corrected chi connectivity index (χ1v) is 9.67. The van der Waals surface area contributed by atoms with E-state index in [1.165, 1.54) is 24.4 Å². The molecule has 150 valence electrons. The Bertz CT molecular complexity index is 1020. The van der Waals surface area contributed by atoms with Crippen LogP contribution >= 0.6 is 11.8 Å². The summed E-state index contributed by atoms with van der Waals surface area (Å²) in [6.07, 6.45) is 1.31. The van der Waals surface area contributed by atoms with Crippen LogP contribution < -0.4 is 10.6 Å². The van der Waals surface area contributed by atoms with Crippen LogP contribution in [0.1, 0.15) is 23.1 Å². The number of carbonyl (C=O) groups excluding carboxylic acids is 2. The van der Waals surface area contributed by atoms with Gasteiger partial charge in [0, 0.05) is 23.7 Å². The van der Waals surface area contributed by atoms with Crippen molar-refractivity contribution >= 4 is 40.6 Å². The van der Waals surface area contributed by atoms with Gasteiger partial charge >= 0.3 is 0 Å². The van der Waals surface area contributed by atoms with Crippen LogP contribution in [-0.4, -0.2) is 38.7 Å². The molecule has 1 atom stereocenters. The number of amides is 2. The Morgan fingerprint density at radius 1 is 1.24 bits per heavy atom. The predicted molar refractivity (Wildman–Crippen MR) is 113 cm³/mol. The molecule has 1 fully saturated rings. The van der Waals surface area contributed by atoms with E-state index >= 15 is 0 Å². The molecule has 0 aliphatic carbocycles. The van der Waals surface area contributed by atoms with Crippen LogP contribution in [0.15, 0.2) is 46.6 Å². The van der Waals surface area contributed by atoms with Gasteiger partial charge in [0.1, 0.15) is 16.7 Å². The molecular formula is C20H20N4O4S. The summed E-state index contributed by atoms with van der Waals surface area (Å²) < 4.78 is 0. The number of thioether (sulfide) groups is 1. The molecular weight excluding hydrogens is 392 g/mol. The standard InChI is InChI=1S/C20H20N4O4S/c1-11-3-6-15(12(2)7-11)22-18(27)9-17-19(28)23-20(29-17)24-21-10-13-4-5-14(25)8-16(13)26/h3-8,10,17,25-26H,9H2,1-2H3,(H,22,27)(H,23,24,28)/b21-10+/t17-/m1/s1. The molecule has 0 aromatic heterocycles. The van der Waals surface area contributed by atoms with Gasteiger partial charge in [0.25, 0.3) is 0 Å². The van der Waals surface area contributed by atoms with Crippen molar-refractivity contribution in [3.63, 3.8) is 0 Å². The maximum atomic E-state index is 12.3. The number of hydrogen-bond donors (Lipinski definition) is 4. The number of nitrogens with zero attached hydrogens (tertiary/aromatic N) is 2. The quantitative estimate of drug-likeness (QED) is 0.444. The van der Waals surface area contributed by atoms with Gasteiger partial charge in [0.05, 0.1) is 6.21 Å². The molecule has 2 amide bonds. The zero-order valence-corrected chi connectivity index (χ0v) is 16.7. The van der Waals surface area contributed by atoms with Crippen LogP contribution in [0.4, 0.5) is 5.69 Å². The molecule has 1 saturated heterocycles. The number of amidine groups is 1. The van der Waals surface area contributed by atoms with Crippen LogP contribution in [0.5, 0.6) is 11.5 Å². The van der Waals surface area contributed by atoms with Gasteiger partial charge in [-0.1, -0.05) is 29.5 Å². The van der Waals surface area contributed by atoms with E-state index in [4.69, 9.17) is 0 Å². The van der Waals surface area contributed by atoms with E-state index in [1.807, 2.05) is 32.0 Å². The maximum Gasteiger partial charge on any atom is 0.240 e. The maximum absolute atomic E-state index is 12.3. The van der Waals surface area contributed by atoms with E-state index in [2.05, 4.69) is 20.8 Å². The first-order chi connectivity index (χ1) is 13.8. The summed E-state index contributed by atoms with van der Waals surface area (Å²) >= 11 is 1.12. The molecule has 0 bridgehead atoms. The lowest BCUT2D eigenvalue weighted by Gasteiger charge is -2.10. The Morgan fingerprint density at radius 2 is 2.03 bits per heavy atom. The molecule has 1 aliphatic rings. The average Bonchev–Trinajstić information content (AvgIpc) is 2.98. The lowest BCUT2D eigenvalue weighted by atomic mass is 10.1. The average molecular weight is 412 g/mol. The van der Waals surface area contributed by atoms with Crippen molar-refractivity contribution in [2.75, 3.05) is 5.32 Å². The highest BCUT2D eigenvalue weighted by molar-refractivity contribution is 8.15. The van der Waals surface area contributed by atoms with E-state index in [0.29, 0.717) is 5.56 Å². The topological polar surface area (TPSA) is 123 Å². The van der Waals surface area contributed by atoms with Crippen LogP contribution in [0.2, 0.25) is 0 Å². The molecule has 0 spiro atoms. The molecule has 29 heavy (non-hydrogen) atoms. The van der Waals surface area contributed by atoms with Crippen LogP contribution in [0.25, 0.3) is 0 Å². The molecule has 0 radical (unpaired) electrons. The zero-order valence-electron chi connectivity index (χ0n) is 15.8. The van der Waals surface area contributed by atoms with E-state index in [9.17, 15) is 19.8 Å². The molecule has 8 nitrogen and oxygen atoms in total. The van der Waals surface area contributed by atoms with E-state index in [0.717, 1.165) is 28.6 Å². The first-order valence-electron chi connectivity index (χ1n) is 8.79. The van der Waals surface area contributed by atoms with Crippen LogP contribution in [0, 0.1) is 13.8 Å². The lowest BCUT2D eigenvalue weighted by molar-refractivity contribution is -0.122. The van der Waals surface area contributed by atoms with Gasteiger partial charge in [-0.05, 0) is 37.6 Å². The number of benzene rings is 2. The Balaban J connectivity index is 1.58. The molecule has 1 heterocycles. The molecule has 4 N–H and O–H groups in total. The van der Waals surface area contributed by atoms with Crippen molar-refractivity contribution in [3.05, 3.63) is 53.1 Å². The van der Waals surface area contributed by atoms with Crippen molar-refractivity contribution in [2.45, 2.75) is 25.5 Å². The second kappa shape index (κ2) is 8.78. The van der Waals surface area contributed by atoms with Gasteiger partial charge in [0.2, 0.25) is 11.8 Å². The smallest absolute Gasteiger partial charge is 0.240 e. The number of hydrogen-bond acceptors (Lipinski definition) is 7. The molecule has 1 aliphatic heterocycles. The third kappa shape index (κ3) is 5.35. The van der Waals surface area contributed by atoms with Gasteiger partial charge in [-0.2, -0.15) is 5.10 Å². The number of anilines is 1. The van der Waals surface area contributed by atoms with Gasteiger partial charge in [-0.15, -0.1) is 5.10 Å². The SMILES string of the molecule is Cc1ccc(NC(=O)C[C@H]2S/C(=N/N=C/c3ccc(O)cc3O)NC2=O)c(C)c1. The van der Waals surface area contributed by atoms with Crippen molar-refractivity contribution in [1.82, 2.24) is 5.32 Å². The third-order valence-corrected chi connectivity index (χ3v) is 5.23. The van der Waals surface area contributed by atoms with E-state index < -0.39 is 5.25 Å². The van der Waals surface area contributed by atoms with E-state index in [-0.39, 0.29) is 34.9 Å². The summed E-state index contributed by atoms with van der Waals surface area (Å²) in [5, 5.41) is 31.8. The third-order valence-electron chi connectivity index (χ3n) is 4.16. The van der Waals surface area contributed by atoms with Gasteiger partial charge in [0.15, 0.2) is 5.17 Å². The fourth-order valence-corrected chi connectivity index (χ4v) is 3.62. The van der Waals surface area contributed by atoms with Gasteiger partial charge < -0.3 is 20.8 Å². The predicted octanol–water partition coefficient (Wildman–Crippen LogP) is 2.66. The van der Waals surface area contributed by atoms with Crippen molar-refractivity contribution < 1.29 is 19.8 Å². The molecule has 0 unspecified atom stereocenters. The second-order valence-corrected chi connectivity index (χ2v) is 7.75. The summed E-state index contributed by atoms with van der Waals surface area (Å²) in [7, 11) is 0. The Hall–Kier alpha value is -3.33. The highest BCUT2D eigenvalue weighted by Gasteiger charge is 2.32. The molecule has 2 aromatic rings. The van der Waals surface area contributed by atoms with Crippen molar-refractivity contribution in [1.29, 1.82) is 0 Å². The number of aromatic hydroxyl groups is 2. The second-order valence-electron chi connectivity index (χ2n) is 6.56. The summed E-state index contributed by atoms with van der Waals surface area (Å²) in [6.45, 7) is 3.89. The minimum Gasteiger partial charge on any atom is -0.508 e. The first kappa shape index (κ1) is 20.4. The largest absolute Gasteiger partial charge is 0.508 e. The normalized spacial score (nSPS) is 17.7. The Morgan fingerprint density at radius 3 is 2.76 bits per heavy atom. The van der Waals surface area contributed by atoms with Crippen LogP contribution in [0.3, 0.4) is 0 Å². The highest BCUT2D eigenvalue weighted by atomic mass is 32.2. The van der Waals surface area contributed by atoms with Crippen LogP contribution in [-0.2, 0) is 9.59 Å². The summed E-state index contributed by atoms with van der Waals surface area (Å²) in [5.74, 6) is -0.778. The Kier molecular flexibility index (Phi) is 6.18. The number of phenolic OH excluding ortho intramolecular Hbond substituents is 2. The molecule has 0 saturated carbocycles. The number of phenols is 2. The summed E-state index contributed by atoms with van der Waals surface area (Å²) in [4.78, 5) is 24.4. The fourth-order valence-electron chi connectivity index (χ4n) is 2.69. The molecule has 9 heteroatoms. The number of rotatable bonds is 5. The van der Waals surface area contributed by atoms with Crippen molar-refractivity contribution in [3.8, 4) is 11.5 Å². The number of aryl methyl sites for hydroxylation is 2. The minimum atomic E-state index is -0.600. The monoisotopic (exact) mass is 412 g/mol. The molecule has 3 rings (SSSR count). The summed E-state index contributed by atoms with van der Waals surface area (Å²) in [6, 6.07) is 9.80. The van der Waals surface area contributed by atoms with E-state index in [1.54, 1.807) is 0 Å². The lowest BCUT2D eigenvalue weighted by Crippen LogP contribution is -2.28. The fraction of sp³-hybridized carbons (Fsp3) is 0.200. The number of nitrogens with one attached hydrogen (secondary N) is 2. The Labute approximate surface area is 171 Å². The minimum absolute atomic E-state index is 0.00526. The molecule has 2 aromatic carbocycles. The van der Waals surface area contributed by atoms with Crippen molar-refractivity contribution in [2.24, 2.45) is 10.2 Å². The van der Waals surface area contributed by atoms with Gasteiger partial charge in [-0.3, -0.25) is 9.59 Å². The summed E-state index contributed by atoms with van der Waals surface area (Å²) in [5.41, 5.74) is 3.14. The van der Waals surface area contributed by atoms with Gasteiger partial charge in [-0.25, -0.2) is 0 Å².